The van der Waals surface area contributed by atoms with Gasteiger partial charge in [-0.15, -0.1) is 0 Å². The first-order valence-electron chi connectivity index (χ1n) is 5.05. The van der Waals surface area contributed by atoms with Crippen molar-refractivity contribution in [2.45, 2.75) is 4.90 Å². The van der Waals surface area contributed by atoms with Crippen LogP contribution in [0.3, 0.4) is 0 Å². The van der Waals surface area contributed by atoms with E-state index >= 15 is 0 Å². The zero-order valence-corrected chi connectivity index (χ0v) is 10.4. The van der Waals surface area contributed by atoms with E-state index in [4.69, 9.17) is 5.73 Å². The van der Waals surface area contributed by atoms with E-state index in [-0.39, 0.29) is 4.90 Å². The van der Waals surface area contributed by atoms with Gasteiger partial charge in [0, 0.05) is 24.6 Å². The molecule has 0 radical (unpaired) electrons. The molecule has 2 N–H and O–H groups in total. The Morgan fingerprint density at radius 2 is 1.81 bits per heavy atom. The van der Waals surface area contributed by atoms with Crippen LogP contribution in [0.2, 0.25) is 0 Å². The quantitative estimate of drug-likeness (QED) is 0.804. The van der Waals surface area contributed by atoms with Gasteiger partial charge in [-0.2, -0.15) is 16.1 Å². The van der Waals surface area contributed by atoms with Crippen molar-refractivity contribution < 1.29 is 8.42 Å². The minimum Gasteiger partial charge on any atom is -0.398 e. The Kier molecular flexibility index (Phi) is 3.41. The van der Waals surface area contributed by atoms with Crippen molar-refractivity contribution in [3.05, 3.63) is 24.3 Å². The van der Waals surface area contributed by atoms with E-state index in [1.54, 1.807) is 36.0 Å². The second-order valence-corrected chi connectivity index (χ2v) is 6.69. The molecule has 1 aliphatic rings. The Morgan fingerprint density at radius 3 is 2.44 bits per heavy atom. The summed E-state index contributed by atoms with van der Waals surface area (Å²) in [5, 5.41) is 0. The van der Waals surface area contributed by atoms with Gasteiger partial charge in [-0.05, 0) is 12.1 Å². The number of hydrogen-bond donors (Lipinski definition) is 1. The predicted octanol–water partition coefficient (Wildman–Crippen LogP) is 1.01. The van der Waals surface area contributed by atoms with Crippen LogP contribution in [-0.2, 0) is 10.0 Å². The fourth-order valence-corrected chi connectivity index (χ4v) is 4.33. The largest absolute Gasteiger partial charge is 0.398 e. The molecular formula is C10H14N2O2S2. The molecule has 1 fully saturated rings. The molecule has 88 valence electrons. The van der Waals surface area contributed by atoms with Crippen LogP contribution < -0.4 is 5.73 Å². The summed E-state index contributed by atoms with van der Waals surface area (Å²) in [7, 11) is -3.40. The van der Waals surface area contributed by atoms with Crippen LogP contribution in [0.25, 0.3) is 0 Å². The lowest BCUT2D eigenvalue weighted by molar-refractivity contribution is 0.444. The molecule has 6 heteroatoms. The van der Waals surface area contributed by atoms with E-state index in [0.717, 1.165) is 11.5 Å². The molecule has 0 amide bonds. The summed E-state index contributed by atoms with van der Waals surface area (Å²) < 4.78 is 26.0. The standard InChI is InChI=1S/C10H14N2O2S2/c11-9-3-1-2-4-10(9)16(13,14)12-5-7-15-8-6-12/h1-4H,5-8,11H2. The fourth-order valence-electron chi connectivity index (χ4n) is 1.64. The first-order valence-corrected chi connectivity index (χ1v) is 7.64. The predicted molar refractivity (Wildman–Crippen MR) is 66.9 cm³/mol. The van der Waals surface area contributed by atoms with Gasteiger partial charge in [0.25, 0.3) is 0 Å². The highest BCUT2D eigenvalue weighted by molar-refractivity contribution is 7.99. The topological polar surface area (TPSA) is 63.4 Å². The number of nitrogens with zero attached hydrogens (tertiary/aromatic N) is 1. The highest BCUT2D eigenvalue weighted by Crippen LogP contribution is 2.24. The molecule has 0 aliphatic carbocycles. The number of benzene rings is 1. The van der Waals surface area contributed by atoms with Gasteiger partial charge < -0.3 is 5.73 Å². The number of sulfonamides is 1. The number of para-hydroxylation sites is 1. The number of hydrogen-bond acceptors (Lipinski definition) is 4. The zero-order chi connectivity index (χ0) is 11.6. The van der Waals surface area contributed by atoms with Crippen molar-refractivity contribution in [2.24, 2.45) is 0 Å². The van der Waals surface area contributed by atoms with E-state index in [9.17, 15) is 8.42 Å². The highest BCUT2D eigenvalue weighted by Gasteiger charge is 2.27. The SMILES string of the molecule is Nc1ccccc1S(=O)(=O)N1CCSCC1. The number of anilines is 1. The van der Waals surface area contributed by atoms with Crippen molar-refractivity contribution in [1.82, 2.24) is 4.31 Å². The molecule has 1 aromatic rings. The van der Waals surface area contributed by atoms with Crippen molar-refractivity contribution in [3.63, 3.8) is 0 Å². The Labute approximate surface area is 99.9 Å². The minimum absolute atomic E-state index is 0.224. The lowest BCUT2D eigenvalue weighted by atomic mass is 10.3. The Bertz CT molecular complexity index is 467. The van der Waals surface area contributed by atoms with Gasteiger partial charge in [0.15, 0.2) is 0 Å². The molecule has 2 rings (SSSR count). The normalized spacial score (nSPS) is 18.5. The highest BCUT2D eigenvalue weighted by atomic mass is 32.2. The lowest BCUT2D eigenvalue weighted by Crippen LogP contribution is -2.38. The first-order chi connectivity index (χ1) is 7.62. The average Bonchev–Trinajstić information content (AvgIpc) is 2.30. The van der Waals surface area contributed by atoms with Crippen LogP contribution in [0.15, 0.2) is 29.2 Å². The summed E-state index contributed by atoms with van der Waals surface area (Å²) in [5.74, 6) is 1.71. The minimum atomic E-state index is -3.40. The third kappa shape index (κ3) is 2.18. The third-order valence-electron chi connectivity index (χ3n) is 2.51. The smallest absolute Gasteiger partial charge is 0.245 e. The van der Waals surface area contributed by atoms with E-state index in [0.29, 0.717) is 18.8 Å². The van der Waals surface area contributed by atoms with Crippen LogP contribution in [0.4, 0.5) is 5.69 Å². The van der Waals surface area contributed by atoms with Crippen molar-refractivity contribution >= 4 is 27.5 Å². The maximum Gasteiger partial charge on any atom is 0.245 e. The number of nitrogen functional groups attached to an aromatic ring is 1. The maximum atomic E-state index is 12.2. The van der Waals surface area contributed by atoms with Gasteiger partial charge in [-0.1, -0.05) is 12.1 Å². The second-order valence-electron chi connectivity index (χ2n) is 3.55. The summed E-state index contributed by atoms with van der Waals surface area (Å²) in [6.07, 6.45) is 0. The molecular weight excluding hydrogens is 244 g/mol. The van der Waals surface area contributed by atoms with E-state index in [1.807, 2.05) is 0 Å². The van der Waals surface area contributed by atoms with E-state index in [1.165, 1.54) is 4.31 Å². The van der Waals surface area contributed by atoms with Gasteiger partial charge >= 0.3 is 0 Å². The molecule has 16 heavy (non-hydrogen) atoms. The van der Waals surface area contributed by atoms with Crippen LogP contribution in [0.1, 0.15) is 0 Å². The first kappa shape index (κ1) is 11.8. The zero-order valence-electron chi connectivity index (χ0n) is 8.80. The van der Waals surface area contributed by atoms with Crippen LogP contribution in [0.5, 0.6) is 0 Å². The molecule has 4 nitrogen and oxygen atoms in total. The van der Waals surface area contributed by atoms with Gasteiger partial charge in [0.05, 0.1) is 5.69 Å². The summed E-state index contributed by atoms with van der Waals surface area (Å²) in [5.41, 5.74) is 6.02. The molecule has 0 bridgehead atoms. The summed E-state index contributed by atoms with van der Waals surface area (Å²) in [6, 6.07) is 6.61. The monoisotopic (exact) mass is 258 g/mol. The van der Waals surface area contributed by atoms with E-state index < -0.39 is 10.0 Å². The molecule has 0 saturated carbocycles. The number of nitrogens with two attached hydrogens (primary N) is 1. The van der Waals surface area contributed by atoms with Crippen molar-refractivity contribution in [2.75, 3.05) is 30.3 Å². The second kappa shape index (κ2) is 4.65. The summed E-state index contributed by atoms with van der Waals surface area (Å²) in [4.78, 5) is 0.224. The Hall–Kier alpha value is -0.720. The lowest BCUT2D eigenvalue weighted by Gasteiger charge is -2.26. The molecule has 0 atom stereocenters. The molecule has 1 aromatic carbocycles. The Balaban J connectivity index is 2.35. The van der Waals surface area contributed by atoms with Crippen LogP contribution in [-0.4, -0.2) is 37.3 Å². The summed E-state index contributed by atoms with van der Waals surface area (Å²) in [6.45, 7) is 1.14. The molecule has 0 aromatic heterocycles. The molecule has 1 aliphatic heterocycles. The van der Waals surface area contributed by atoms with Gasteiger partial charge in [-0.25, -0.2) is 8.42 Å². The molecule has 1 heterocycles. The van der Waals surface area contributed by atoms with Crippen molar-refractivity contribution in [1.29, 1.82) is 0 Å². The van der Waals surface area contributed by atoms with Crippen molar-refractivity contribution in [3.8, 4) is 0 Å². The third-order valence-corrected chi connectivity index (χ3v) is 5.42. The average molecular weight is 258 g/mol. The van der Waals surface area contributed by atoms with Gasteiger partial charge in [-0.3, -0.25) is 0 Å². The Morgan fingerprint density at radius 1 is 1.19 bits per heavy atom. The molecule has 1 saturated heterocycles. The van der Waals surface area contributed by atoms with E-state index in [2.05, 4.69) is 0 Å². The van der Waals surface area contributed by atoms with Crippen LogP contribution >= 0.6 is 11.8 Å². The van der Waals surface area contributed by atoms with Crippen LogP contribution in [0, 0.1) is 0 Å². The summed E-state index contributed by atoms with van der Waals surface area (Å²) >= 11 is 1.78. The maximum absolute atomic E-state index is 12.2. The number of rotatable bonds is 2. The van der Waals surface area contributed by atoms with Gasteiger partial charge in [0.1, 0.15) is 4.90 Å². The molecule has 0 spiro atoms. The fraction of sp³-hybridized carbons (Fsp3) is 0.400. The number of thioether (sulfide) groups is 1. The molecule has 0 unspecified atom stereocenters. The van der Waals surface area contributed by atoms with Gasteiger partial charge in [0.2, 0.25) is 10.0 Å².